The SMILES string of the molecule is COCC[C@H](Cc1ccc(OCc2cccc(C#N)c2)cc1)NC(=O)OC(C)(C)C. The minimum atomic E-state index is -0.540. The molecule has 30 heavy (non-hydrogen) atoms. The molecule has 1 amide bonds. The Labute approximate surface area is 178 Å². The van der Waals surface area contributed by atoms with Gasteiger partial charge in [0.1, 0.15) is 18.0 Å². The van der Waals surface area contributed by atoms with Gasteiger partial charge in [-0.1, -0.05) is 24.3 Å². The van der Waals surface area contributed by atoms with Gasteiger partial charge in [-0.15, -0.1) is 0 Å². The summed E-state index contributed by atoms with van der Waals surface area (Å²) in [5, 5.41) is 11.9. The summed E-state index contributed by atoms with van der Waals surface area (Å²) in [7, 11) is 1.64. The number of carbonyl (C=O) groups excluding carboxylic acids is 1. The first-order chi connectivity index (χ1) is 14.3. The molecule has 6 heteroatoms. The van der Waals surface area contributed by atoms with Gasteiger partial charge >= 0.3 is 6.09 Å². The van der Waals surface area contributed by atoms with Crippen LogP contribution in [0.3, 0.4) is 0 Å². The van der Waals surface area contributed by atoms with E-state index in [9.17, 15) is 4.79 Å². The fourth-order valence-electron chi connectivity index (χ4n) is 2.86. The van der Waals surface area contributed by atoms with Gasteiger partial charge in [-0.05, 0) is 69.0 Å². The lowest BCUT2D eigenvalue weighted by atomic mass is 10.0. The standard InChI is InChI=1S/C24H30N2O4/c1-24(2,3)30-23(27)26-21(12-13-28-4)15-18-8-10-22(11-9-18)29-17-20-7-5-6-19(14-20)16-25/h5-11,14,21H,12-13,15,17H2,1-4H3,(H,26,27)/t21-/m1/s1. The summed E-state index contributed by atoms with van der Waals surface area (Å²) in [6.45, 7) is 6.46. The number of nitriles is 1. The molecule has 1 N–H and O–H groups in total. The van der Waals surface area contributed by atoms with Gasteiger partial charge in [0.05, 0.1) is 11.6 Å². The molecule has 2 rings (SSSR count). The zero-order valence-corrected chi connectivity index (χ0v) is 18.1. The van der Waals surface area contributed by atoms with Crippen LogP contribution < -0.4 is 10.1 Å². The summed E-state index contributed by atoms with van der Waals surface area (Å²) in [5.74, 6) is 0.745. The highest BCUT2D eigenvalue weighted by Crippen LogP contribution is 2.17. The lowest BCUT2D eigenvalue weighted by Gasteiger charge is -2.23. The van der Waals surface area contributed by atoms with Crippen molar-refractivity contribution in [3.8, 4) is 11.8 Å². The van der Waals surface area contributed by atoms with E-state index in [0.717, 1.165) is 16.9 Å². The second-order valence-corrected chi connectivity index (χ2v) is 8.07. The first-order valence-electron chi connectivity index (χ1n) is 9.98. The van der Waals surface area contributed by atoms with Crippen molar-refractivity contribution >= 4 is 6.09 Å². The van der Waals surface area contributed by atoms with Crippen LogP contribution in [0.5, 0.6) is 5.75 Å². The third-order valence-corrected chi connectivity index (χ3v) is 4.26. The van der Waals surface area contributed by atoms with Crippen molar-refractivity contribution in [2.45, 2.75) is 51.9 Å². The van der Waals surface area contributed by atoms with E-state index in [-0.39, 0.29) is 6.04 Å². The Kier molecular flexibility index (Phi) is 8.70. The van der Waals surface area contributed by atoms with Gasteiger partial charge in [0.2, 0.25) is 0 Å². The number of nitrogens with one attached hydrogen (secondary N) is 1. The van der Waals surface area contributed by atoms with Crippen LogP contribution in [0.2, 0.25) is 0 Å². The quantitative estimate of drug-likeness (QED) is 0.653. The highest BCUT2D eigenvalue weighted by atomic mass is 16.6. The molecule has 2 aromatic carbocycles. The molecule has 6 nitrogen and oxygen atoms in total. The van der Waals surface area contributed by atoms with Crippen LogP contribution in [0.15, 0.2) is 48.5 Å². The Morgan fingerprint density at radius 1 is 1.13 bits per heavy atom. The smallest absolute Gasteiger partial charge is 0.407 e. The van der Waals surface area contributed by atoms with E-state index in [2.05, 4.69) is 11.4 Å². The van der Waals surface area contributed by atoms with Gasteiger partial charge in [0.15, 0.2) is 0 Å². The largest absolute Gasteiger partial charge is 0.489 e. The molecular weight excluding hydrogens is 380 g/mol. The number of methoxy groups -OCH3 is 1. The summed E-state index contributed by atoms with van der Waals surface area (Å²) in [6, 6.07) is 17.2. The zero-order valence-electron chi connectivity index (χ0n) is 18.1. The average molecular weight is 411 g/mol. The number of hydrogen-bond acceptors (Lipinski definition) is 5. The summed E-state index contributed by atoms with van der Waals surface area (Å²) < 4.78 is 16.4. The second kappa shape index (κ2) is 11.2. The summed E-state index contributed by atoms with van der Waals surface area (Å²) >= 11 is 0. The van der Waals surface area contributed by atoms with Crippen molar-refractivity contribution in [3.05, 3.63) is 65.2 Å². The number of carbonyl (C=O) groups is 1. The van der Waals surface area contributed by atoms with Gasteiger partial charge in [-0.2, -0.15) is 5.26 Å². The van der Waals surface area contributed by atoms with E-state index in [4.69, 9.17) is 19.5 Å². The van der Waals surface area contributed by atoms with Gasteiger partial charge in [-0.3, -0.25) is 0 Å². The van der Waals surface area contributed by atoms with Gasteiger partial charge in [0.25, 0.3) is 0 Å². The third-order valence-electron chi connectivity index (χ3n) is 4.26. The number of benzene rings is 2. The first-order valence-corrected chi connectivity index (χ1v) is 9.98. The van der Waals surface area contributed by atoms with Crippen LogP contribution in [-0.4, -0.2) is 31.5 Å². The molecule has 0 spiro atoms. The predicted molar refractivity (Wildman–Crippen MR) is 115 cm³/mol. The van der Waals surface area contributed by atoms with Crippen LogP contribution in [0, 0.1) is 11.3 Å². The van der Waals surface area contributed by atoms with E-state index >= 15 is 0 Å². The normalized spacial score (nSPS) is 12.0. The summed E-state index contributed by atoms with van der Waals surface area (Å²) in [4.78, 5) is 12.1. The maximum Gasteiger partial charge on any atom is 0.407 e. The molecule has 0 bridgehead atoms. The predicted octanol–water partition coefficient (Wildman–Crippen LogP) is 4.61. The van der Waals surface area contributed by atoms with Crippen LogP contribution in [0.25, 0.3) is 0 Å². The van der Waals surface area contributed by atoms with E-state index in [1.807, 2.05) is 63.2 Å². The Morgan fingerprint density at radius 3 is 2.50 bits per heavy atom. The van der Waals surface area contributed by atoms with Gasteiger partial charge in [0, 0.05) is 19.8 Å². The highest BCUT2D eigenvalue weighted by molar-refractivity contribution is 5.68. The topological polar surface area (TPSA) is 80.6 Å². The number of ether oxygens (including phenoxy) is 3. The molecule has 0 radical (unpaired) electrons. The first kappa shape index (κ1) is 23.2. The van der Waals surface area contributed by atoms with Crippen molar-refractivity contribution < 1.29 is 19.0 Å². The summed E-state index contributed by atoms with van der Waals surface area (Å²) in [5.41, 5.74) is 2.10. The maximum atomic E-state index is 12.1. The third kappa shape index (κ3) is 8.54. The van der Waals surface area contributed by atoms with E-state index in [1.54, 1.807) is 13.2 Å². The van der Waals surface area contributed by atoms with E-state index in [0.29, 0.717) is 31.6 Å². The highest BCUT2D eigenvalue weighted by Gasteiger charge is 2.19. The molecule has 1 atom stereocenters. The number of nitrogens with zero attached hydrogens (tertiary/aromatic N) is 1. The Morgan fingerprint density at radius 2 is 1.87 bits per heavy atom. The van der Waals surface area contributed by atoms with Crippen LogP contribution in [-0.2, 0) is 22.5 Å². The van der Waals surface area contributed by atoms with Crippen molar-refractivity contribution in [2.24, 2.45) is 0 Å². The van der Waals surface area contributed by atoms with Crippen molar-refractivity contribution in [2.75, 3.05) is 13.7 Å². The Bertz CT molecular complexity index is 851. The molecular formula is C24H30N2O4. The average Bonchev–Trinajstić information content (AvgIpc) is 2.70. The minimum absolute atomic E-state index is 0.0970. The monoisotopic (exact) mass is 410 g/mol. The lowest BCUT2D eigenvalue weighted by molar-refractivity contribution is 0.0493. The fraction of sp³-hybridized carbons (Fsp3) is 0.417. The molecule has 0 aliphatic heterocycles. The second-order valence-electron chi connectivity index (χ2n) is 8.07. The van der Waals surface area contributed by atoms with Crippen molar-refractivity contribution in [1.29, 1.82) is 5.26 Å². The lowest BCUT2D eigenvalue weighted by Crippen LogP contribution is -2.40. The zero-order chi connectivity index (χ0) is 22.0. The van der Waals surface area contributed by atoms with Crippen molar-refractivity contribution in [1.82, 2.24) is 5.32 Å². The Hall–Kier alpha value is -3.04. The van der Waals surface area contributed by atoms with Crippen LogP contribution in [0.1, 0.15) is 43.9 Å². The molecule has 0 aromatic heterocycles. The molecule has 0 saturated heterocycles. The van der Waals surface area contributed by atoms with E-state index < -0.39 is 11.7 Å². The molecule has 0 aliphatic rings. The van der Waals surface area contributed by atoms with Gasteiger partial charge in [-0.25, -0.2) is 4.79 Å². The number of rotatable bonds is 9. The molecule has 0 aliphatic carbocycles. The minimum Gasteiger partial charge on any atom is -0.489 e. The van der Waals surface area contributed by atoms with Crippen LogP contribution in [0.4, 0.5) is 4.79 Å². The molecule has 0 saturated carbocycles. The van der Waals surface area contributed by atoms with Crippen molar-refractivity contribution in [3.63, 3.8) is 0 Å². The number of amides is 1. The van der Waals surface area contributed by atoms with E-state index in [1.165, 1.54) is 0 Å². The maximum absolute atomic E-state index is 12.1. The molecule has 2 aromatic rings. The number of alkyl carbamates (subject to hydrolysis) is 1. The van der Waals surface area contributed by atoms with Crippen LogP contribution >= 0.6 is 0 Å². The molecule has 0 heterocycles. The molecule has 160 valence electrons. The summed E-state index contributed by atoms with van der Waals surface area (Å²) in [6.07, 6.45) is 0.916. The van der Waals surface area contributed by atoms with Gasteiger partial charge < -0.3 is 19.5 Å². The number of hydrogen-bond donors (Lipinski definition) is 1. The molecule has 0 unspecified atom stereocenters. The Balaban J connectivity index is 1.93. The molecule has 0 fully saturated rings. The fourth-order valence-corrected chi connectivity index (χ4v) is 2.86.